The summed E-state index contributed by atoms with van der Waals surface area (Å²) in [5.41, 5.74) is 1.88. The molecule has 1 atom stereocenters. The highest BCUT2D eigenvalue weighted by Crippen LogP contribution is 2.36. The smallest absolute Gasteiger partial charge is 0.248 e. The lowest BCUT2D eigenvalue weighted by atomic mass is 10.1. The Kier molecular flexibility index (Phi) is 2.21. The number of carbonyl (C=O) groups excluding carboxylic acids is 1. The number of anilines is 1. The molecule has 3 nitrogen and oxygen atoms in total. The van der Waals surface area contributed by atoms with Crippen LogP contribution in [0.25, 0.3) is 0 Å². The summed E-state index contributed by atoms with van der Waals surface area (Å²) in [5, 5.41) is 3.64. The second kappa shape index (κ2) is 3.26. The monoisotopic (exact) mass is 210 g/mol. The summed E-state index contributed by atoms with van der Waals surface area (Å²) >= 11 is 5.88. The number of likely N-dealkylation sites (N-methyl/N-ethyl adjacent to an activating group) is 2. The first-order valence-electron chi connectivity index (χ1n) is 4.39. The van der Waals surface area contributed by atoms with Gasteiger partial charge in [0.2, 0.25) is 5.91 Å². The zero-order valence-corrected chi connectivity index (χ0v) is 8.80. The number of carbonyl (C=O) groups is 1. The van der Waals surface area contributed by atoms with E-state index in [-0.39, 0.29) is 11.9 Å². The first-order valence-corrected chi connectivity index (χ1v) is 4.77. The predicted octanol–water partition coefficient (Wildman–Crippen LogP) is 1.58. The fourth-order valence-electron chi connectivity index (χ4n) is 1.79. The molecule has 1 aromatic rings. The van der Waals surface area contributed by atoms with Gasteiger partial charge in [-0.3, -0.25) is 4.79 Å². The highest BCUT2D eigenvalue weighted by atomic mass is 35.5. The summed E-state index contributed by atoms with van der Waals surface area (Å²) in [7, 11) is 3.54. The quantitative estimate of drug-likeness (QED) is 0.764. The molecule has 1 unspecified atom stereocenters. The molecule has 1 aliphatic heterocycles. The van der Waals surface area contributed by atoms with Crippen molar-refractivity contribution in [1.29, 1.82) is 0 Å². The lowest BCUT2D eigenvalue weighted by Crippen LogP contribution is -2.30. The Labute approximate surface area is 87.7 Å². The predicted molar refractivity (Wildman–Crippen MR) is 56.7 cm³/mol. The molecule has 1 N–H and O–H groups in total. The van der Waals surface area contributed by atoms with E-state index in [0.717, 1.165) is 11.3 Å². The molecule has 0 fully saturated rings. The number of amides is 1. The van der Waals surface area contributed by atoms with Crippen molar-refractivity contribution >= 4 is 23.2 Å². The van der Waals surface area contributed by atoms with Crippen molar-refractivity contribution in [3.8, 4) is 0 Å². The molecule has 1 heterocycles. The number of nitrogens with zero attached hydrogens (tertiary/aromatic N) is 1. The van der Waals surface area contributed by atoms with Crippen molar-refractivity contribution in [1.82, 2.24) is 5.32 Å². The fraction of sp³-hybridized carbons (Fsp3) is 0.300. The van der Waals surface area contributed by atoms with Gasteiger partial charge >= 0.3 is 0 Å². The second-order valence-electron chi connectivity index (χ2n) is 3.32. The largest absolute Gasteiger partial charge is 0.313 e. The molecule has 4 heteroatoms. The van der Waals surface area contributed by atoms with Gasteiger partial charge in [-0.15, -0.1) is 0 Å². The third kappa shape index (κ3) is 1.21. The standard InChI is InChI=1S/C10H11ClN2O/c1-12-9-7-5-6(11)3-4-8(7)13(2)10(9)14/h3-5,9,12H,1-2H3. The van der Waals surface area contributed by atoms with Crippen LogP contribution in [0.1, 0.15) is 11.6 Å². The van der Waals surface area contributed by atoms with E-state index in [4.69, 9.17) is 11.6 Å². The van der Waals surface area contributed by atoms with Crippen molar-refractivity contribution < 1.29 is 4.79 Å². The molecule has 0 saturated carbocycles. The van der Waals surface area contributed by atoms with Crippen LogP contribution in [-0.4, -0.2) is 20.0 Å². The van der Waals surface area contributed by atoms with Gasteiger partial charge in [-0.25, -0.2) is 0 Å². The molecule has 0 radical (unpaired) electrons. The zero-order valence-electron chi connectivity index (χ0n) is 8.04. The molecule has 2 rings (SSSR count). The minimum absolute atomic E-state index is 0.0600. The van der Waals surface area contributed by atoms with Crippen LogP contribution < -0.4 is 10.2 Å². The van der Waals surface area contributed by atoms with Gasteiger partial charge in [-0.05, 0) is 25.2 Å². The minimum atomic E-state index is -0.256. The molecule has 0 aromatic heterocycles. The number of halogens is 1. The Morgan fingerprint density at radius 2 is 2.21 bits per heavy atom. The average Bonchev–Trinajstić information content (AvgIpc) is 2.39. The molecule has 14 heavy (non-hydrogen) atoms. The molecular formula is C10H11ClN2O. The van der Waals surface area contributed by atoms with Crippen LogP contribution in [-0.2, 0) is 4.79 Å². The maximum absolute atomic E-state index is 11.7. The van der Waals surface area contributed by atoms with Gasteiger partial charge in [-0.1, -0.05) is 11.6 Å². The lowest BCUT2D eigenvalue weighted by Gasteiger charge is -2.09. The average molecular weight is 211 g/mol. The second-order valence-corrected chi connectivity index (χ2v) is 3.76. The maximum Gasteiger partial charge on any atom is 0.248 e. The number of fused-ring (bicyclic) bond motifs is 1. The normalized spacial score (nSPS) is 20.1. The van der Waals surface area contributed by atoms with E-state index < -0.39 is 0 Å². The van der Waals surface area contributed by atoms with Crippen LogP contribution in [0.5, 0.6) is 0 Å². The summed E-state index contributed by atoms with van der Waals surface area (Å²) in [6, 6.07) is 5.24. The molecule has 1 aromatic carbocycles. The molecule has 0 bridgehead atoms. The van der Waals surface area contributed by atoms with E-state index in [1.807, 2.05) is 12.1 Å². The van der Waals surface area contributed by atoms with Crippen LogP contribution >= 0.6 is 11.6 Å². The van der Waals surface area contributed by atoms with Crippen LogP contribution in [0.3, 0.4) is 0 Å². The third-order valence-corrected chi connectivity index (χ3v) is 2.76. The van der Waals surface area contributed by atoms with Gasteiger partial charge in [0.25, 0.3) is 0 Å². The number of rotatable bonds is 1. The molecule has 74 valence electrons. The van der Waals surface area contributed by atoms with E-state index in [2.05, 4.69) is 5.32 Å². The van der Waals surface area contributed by atoms with E-state index in [0.29, 0.717) is 5.02 Å². The first kappa shape index (κ1) is 9.49. The highest BCUT2D eigenvalue weighted by Gasteiger charge is 2.33. The Hall–Kier alpha value is -1.06. The van der Waals surface area contributed by atoms with Gasteiger partial charge in [0.05, 0.1) is 0 Å². The fourth-order valence-corrected chi connectivity index (χ4v) is 1.97. The Balaban J connectivity index is 2.56. The van der Waals surface area contributed by atoms with Crippen molar-refractivity contribution in [2.75, 3.05) is 19.0 Å². The zero-order chi connectivity index (χ0) is 10.3. The van der Waals surface area contributed by atoms with Crippen molar-refractivity contribution in [2.45, 2.75) is 6.04 Å². The van der Waals surface area contributed by atoms with Gasteiger partial charge < -0.3 is 10.2 Å². The Bertz CT molecular complexity index is 392. The number of benzene rings is 1. The maximum atomic E-state index is 11.7. The molecule has 0 saturated heterocycles. The van der Waals surface area contributed by atoms with Gasteiger partial charge in [0.15, 0.2) is 0 Å². The summed E-state index contributed by atoms with van der Waals surface area (Å²) < 4.78 is 0. The summed E-state index contributed by atoms with van der Waals surface area (Å²) in [4.78, 5) is 13.4. The van der Waals surface area contributed by atoms with E-state index in [1.54, 1.807) is 25.1 Å². The summed E-state index contributed by atoms with van der Waals surface area (Å²) in [6.07, 6.45) is 0. The van der Waals surface area contributed by atoms with Crippen LogP contribution in [0.15, 0.2) is 18.2 Å². The Morgan fingerprint density at radius 3 is 2.86 bits per heavy atom. The highest BCUT2D eigenvalue weighted by molar-refractivity contribution is 6.31. The van der Waals surface area contributed by atoms with Gasteiger partial charge in [0, 0.05) is 23.3 Å². The summed E-state index contributed by atoms with van der Waals surface area (Å²) in [5.74, 6) is 0.0600. The third-order valence-electron chi connectivity index (χ3n) is 2.53. The first-order chi connectivity index (χ1) is 6.65. The molecule has 1 aliphatic rings. The van der Waals surface area contributed by atoms with Gasteiger partial charge in [0.1, 0.15) is 6.04 Å². The van der Waals surface area contributed by atoms with Crippen molar-refractivity contribution in [2.24, 2.45) is 0 Å². The van der Waals surface area contributed by atoms with Crippen LogP contribution in [0, 0.1) is 0 Å². The Morgan fingerprint density at radius 1 is 1.50 bits per heavy atom. The molecule has 1 amide bonds. The van der Waals surface area contributed by atoms with E-state index >= 15 is 0 Å². The number of hydrogen-bond acceptors (Lipinski definition) is 2. The van der Waals surface area contributed by atoms with Crippen molar-refractivity contribution in [3.63, 3.8) is 0 Å². The number of nitrogens with one attached hydrogen (secondary N) is 1. The van der Waals surface area contributed by atoms with E-state index in [9.17, 15) is 4.79 Å². The summed E-state index contributed by atoms with van der Waals surface area (Å²) in [6.45, 7) is 0. The topological polar surface area (TPSA) is 32.3 Å². The lowest BCUT2D eigenvalue weighted by molar-refractivity contribution is -0.119. The van der Waals surface area contributed by atoms with E-state index in [1.165, 1.54) is 0 Å². The SMILES string of the molecule is CNC1C(=O)N(C)c2ccc(Cl)cc21. The molecule has 0 spiro atoms. The molecular weight excluding hydrogens is 200 g/mol. The van der Waals surface area contributed by atoms with Crippen LogP contribution in [0.2, 0.25) is 5.02 Å². The minimum Gasteiger partial charge on any atom is -0.313 e. The molecule has 0 aliphatic carbocycles. The van der Waals surface area contributed by atoms with Gasteiger partial charge in [-0.2, -0.15) is 0 Å². The number of hydrogen-bond donors (Lipinski definition) is 1. The van der Waals surface area contributed by atoms with Crippen molar-refractivity contribution in [3.05, 3.63) is 28.8 Å². The van der Waals surface area contributed by atoms with Crippen LogP contribution in [0.4, 0.5) is 5.69 Å².